The van der Waals surface area contributed by atoms with E-state index in [2.05, 4.69) is 17.4 Å². The molecule has 0 atom stereocenters. The number of aryl methyl sites for hydroxylation is 1. The Morgan fingerprint density at radius 3 is 2.43 bits per heavy atom. The van der Waals surface area contributed by atoms with Gasteiger partial charge in [0, 0.05) is 18.6 Å². The first-order valence-corrected chi connectivity index (χ1v) is 7.77. The quantitative estimate of drug-likeness (QED) is 0.821. The van der Waals surface area contributed by atoms with Crippen molar-refractivity contribution in [3.8, 4) is 11.5 Å². The van der Waals surface area contributed by atoms with Gasteiger partial charge in [-0.15, -0.1) is 0 Å². The molecule has 23 heavy (non-hydrogen) atoms. The van der Waals surface area contributed by atoms with Crippen molar-refractivity contribution in [1.29, 1.82) is 0 Å². The molecule has 0 aromatic heterocycles. The molecule has 5 heteroatoms. The number of amides is 1. The Morgan fingerprint density at radius 1 is 1.09 bits per heavy atom. The third-order valence-corrected chi connectivity index (χ3v) is 3.76. The molecule has 0 aliphatic heterocycles. The molecule has 1 amide bonds. The predicted molar refractivity (Wildman–Crippen MR) is 92.6 cm³/mol. The Balaban J connectivity index is 1.94. The van der Waals surface area contributed by atoms with Crippen LogP contribution in [0.4, 0.5) is 5.69 Å². The number of methoxy groups -OCH3 is 2. The summed E-state index contributed by atoms with van der Waals surface area (Å²) in [5.74, 6) is 0.933. The van der Waals surface area contributed by atoms with Crippen molar-refractivity contribution in [2.45, 2.75) is 19.3 Å². The average Bonchev–Trinajstić information content (AvgIpc) is 2.57. The van der Waals surface area contributed by atoms with Gasteiger partial charge in [0.25, 0.3) is 0 Å². The maximum atomic E-state index is 12.1. The monoisotopic (exact) mass is 333 g/mol. The van der Waals surface area contributed by atoms with Crippen molar-refractivity contribution in [1.82, 2.24) is 0 Å². The van der Waals surface area contributed by atoms with Gasteiger partial charge in [-0.1, -0.05) is 41.9 Å². The largest absolute Gasteiger partial charge is 0.495 e. The molecule has 0 radical (unpaired) electrons. The van der Waals surface area contributed by atoms with Gasteiger partial charge in [-0.2, -0.15) is 0 Å². The van der Waals surface area contributed by atoms with Crippen molar-refractivity contribution in [3.05, 3.63) is 53.1 Å². The molecule has 0 spiro atoms. The second-order valence-electron chi connectivity index (χ2n) is 5.07. The first-order chi connectivity index (χ1) is 11.1. The summed E-state index contributed by atoms with van der Waals surface area (Å²) in [5.41, 5.74) is 1.78. The number of carbonyl (C=O) groups excluding carboxylic acids is 1. The fourth-order valence-electron chi connectivity index (χ4n) is 2.27. The van der Waals surface area contributed by atoms with E-state index in [9.17, 15) is 4.79 Å². The van der Waals surface area contributed by atoms with Gasteiger partial charge in [-0.25, -0.2) is 0 Å². The summed E-state index contributed by atoms with van der Waals surface area (Å²) in [6.45, 7) is 0. The van der Waals surface area contributed by atoms with Crippen molar-refractivity contribution < 1.29 is 14.3 Å². The predicted octanol–water partition coefficient (Wildman–Crippen LogP) is 4.32. The van der Waals surface area contributed by atoms with Crippen LogP contribution < -0.4 is 14.8 Å². The van der Waals surface area contributed by atoms with Gasteiger partial charge in [0.05, 0.1) is 24.9 Å². The van der Waals surface area contributed by atoms with Gasteiger partial charge < -0.3 is 14.8 Å². The minimum atomic E-state index is -0.0661. The molecule has 0 unspecified atom stereocenters. The molecule has 0 fully saturated rings. The van der Waals surface area contributed by atoms with Crippen LogP contribution in [0, 0.1) is 0 Å². The highest BCUT2D eigenvalue weighted by Crippen LogP contribution is 2.35. The molecule has 0 saturated heterocycles. The number of nitrogens with one attached hydrogen (secondary N) is 1. The van der Waals surface area contributed by atoms with Gasteiger partial charge >= 0.3 is 0 Å². The van der Waals surface area contributed by atoms with Crippen LogP contribution in [0.15, 0.2) is 42.5 Å². The smallest absolute Gasteiger partial charge is 0.224 e. The first kappa shape index (κ1) is 17.2. The minimum Gasteiger partial charge on any atom is -0.495 e. The molecule has 2 rings (SSSR count). The Bertz CT molecular complexity index is 659. The van der Waals surface area contributed by atoms with E-state index in [-0.39, 0.29) is 5.91 Å². The fraction of sp³-hybridized carbons (Fsp3) is 0.278. The second-order valence-corrected chi connectivity index (χ2v) is 5.48. The minimum absolute atomic E-state index is 0.0661. The lowest BCUT2D eigenvalue weighted by molar-refractivity contribution is -0.116. The number of benzene rings is 2. The van der Waals surface area contributed by atoms with Crippen molar-refractivity contribution in [3.63, 3.8) is 0 Å². The molecule has 4 nitrogen and oxygen atoms in total. The maximum absolute atomic E-state index is 12.1. The van der Waals surface area contributed by atoms with Gasteiger partial charge in [0.15, 0.2) is 0 Å². The Hall–Kier alpha value is -2.20. The highest BCUT2D eigenvalue weighted by molar-refractivity contribution is 6.32. The number of anilines is 1. The van der Waals surface area contributed by atoms with E-state index in [4.69, 9.17) is 21.1 Å². The lowest BCUT2D eigenvalue weighted by Gasteiger charge is -2.13. The Labute approximate surface area is 141 Å². The number of hydrogen-bond donors (Lipinski definition) is 1. The van der Waals surface area contributed by atoms with Crippen LogP contribution in [-0.4, -0.2) is 20.1 Å². The van der Waals surface area contributed by atoms with Crippen LogP contribution in [-0.2, 0) is 11.2 Å². The second kappa shape index (κ2) is 8.44. The van der Waals surface area contributed by atoms with E-state index in [0.29, 0.717) is 28.6 Å². The van der Waals surface area contributed by atoms with Crippen LogP contribution in [0.25, 0.3) is 0 Å². The summed E-state index contributed by atoms with van der Waals surface area (Å²) in [5, 5.41) is 3.28. The summed E-state index contributed by atoms with van der Waals surface area (Å²) in [6.07, 6.45) is 2.08. The number of halogens is 1. The first-order valence-electron chi connectivity index (χ1n) is 7.39. The van der Waals surface area contributed by atoms with Gasteiger partial charge in [-0.05, 0) is 18.4 Å². The number of rotatable bonds is 7. The van der Waals surface area contributed by atoms with E-state index in [1.54, 1.807) is 12.1 Å². The van der Waals surface area contributed by atoms with E-state index in [1.165, 1.54) is 19.8 Å². The molecule has 0 aliphatic carbocycles. The normalized spacial score (nSPS) is 10.2. The third kappa shape index (κ3) is 4.89. The van der Waals surface area contributed by atoms with Crippen LogP contribution >= 0.6 is 11.6 Å². The number of hydrogen-bond acceptors (Lipinski definition) is 3. The highest BCUT2D eigenvalue weighted by atomic mass is 35.5. The van der Waals surface area contributed by atoms with Crippen LogP contribution in [0.5, 0.6) is 11.5 Å². The molecule has 2 aromatic carbocycles. The fourth-order valence-corrected chi connectivity index (χ4v) is 2.50. The summed E-state index contributed by atoms with van der Waals surface area (Å²) in [4.78, 5) is 12.1. The topological polar surface area (TPSA) is 47.6 Å². The summed E-state index contributed by atoms with van der Waals surface area (Å²) in [6, 6.07) is 13.4. The molecule has 2 aromatic rings. The van der Waals surface area contributed by atoms with Crippen molar-refractivity contribution >= 4 is 23.2 Å². The zero-order chi connectivity index (χ0) is 16.7. The molecule has 0 saturated carbocycles. The molecule has 122 valence electrons. The highest BCUT2D eigenvalue weighted by Gasteiger charge is 2.12. The van der Waals surface area contributed by atoms with Crippen LogP contribution in [0.2, 0.25) is 5.02 Å². The third-order valence-electron chi connectivity index (χ3n) is 3.46. The van der Waals surface area contributed by atoms with Crippen LogP contribution in [0.1, 0.15) is 18.4 Å². The van der Waals surface area contributed by atoms with E-state index >= 15 is 0 Å². The Kier molecular flexibility index (Phi) is 6.29. The van der Waals surface area contributed by atoms with Crippen LogP contribution in [0.3, 0.4) is 0 Å². The zero-order valence-corrected chi connectivity index (χ0v) is 14.0. The maximum Gasteiger partial charge on any atom is 0.224 e. The number of ether oxygens (including phenoxy) is 2. The molecule has 0 aliphatic rings. The molecule has 1 N–H and O–H groups in total. The molecule has 0 bridgehead atoms. The zero-order valence-electron chi connectivity index (χ0n) is 13.3. The SMILES string of the molecule is COc1cc(NC(=O)CCCc2ccccc2)c(OC)cc1Cl. The Morgan fingerprint density at radius 2 is 1.78 bits per heavy atom. The van der Waals surface area contributed by atoms with Crippen molar-refractivity contribution in [2.24, 2.45) is 0 Å². The molecular weight excluding hydrogens is 314 g/mol. The van der Waals surface area contributed by atoms with Gasteiger partial charge in [0.1, 0.15) is 11.5 Å². The lowest BCUT2D eigenvalue weighted by atomic mass is 10.1. The molecular formula is C18H20ClNO3. The summed E-state index contributed by atoms with van der Waals surface area (Å²) in [7, 11) is 3.06. The lowest BCUT2D eigenvalue weighted by Crippen LogP contribution is -2.12. The van der Waals surface area contributed by atoms with Crippen molar-refractivity contribution in [2.75, 3.05) is 19.5 Å². The number of carbonyl (C=O) groups is 1. The van der Waals surface area contributed by atoms with Gasteiger partial charge in [-0.3, -0.25) is 4.79 Å². The van der Waals surface area contributed by atoms with E-state index < -0.39 is 0 Å². The van der Waals surface area contributed by atoms with E-state index in [1.807, 2.05) is 18.2 Å². The standard InChI is InChI=1S/C18H20ClNO3/c1-22-16-12-15(17(23-2)11-14(16)19)20-18(21)10-6-9-13-7-4-3-5-8-13/h3-5,7-8,11-12H,6,9-10H2,1-2H3,(H,20,21). The van der Waals surface area contributed by atoms with E-state index in [0.717, 1.165) is 12.8 Å². The van der Waals surface area contributed by atoms with Gasteiger partial charge in [0.2, 0.25) is 5.91 Å². The summed E-state index contributed by atoms with van der Waals surface area (Å²) >= 11 is 6.05. The molecule has 0 heterocycles. The average molecular weight is 334 g/mol. The summed E-state index contributed by atoms with van der Waals surface area (Å²) < 4.78 is 10.4.